The van der Waals surface area contributed by atoms with Gasteiger partial charge in [-0.1, -0.05) is 18.2 Å². The highest BCUT2D eigenvalue weighted by atomic mass is 16.5. The lowest BCUT2D eigenvalue weighted by Crippen LogP contribution is -2.20. The minimum absolute atomic E-state index is 0.111. The van der Waals surface area contributed by atoms with Gasteiger partial charge in [0.15, 0.2) is 0 Å². The minimum Gasteiger partial charge on any atom is -0.476 e. The first-order valence-electron chi connectivity index (χ1n) is 6.84. The number of nitrogens with one attached hydrogen (secondary N) is 1. The maximum atomic E-state index is 11.4. The summed E-state index contributed by atoms with van der Waals surface area (Å²) < 4.78 is 11.2. The maximum absolute atomic E-state index is 11.4. The Labute approximate surface area is 118 Å². The largest absolute Gasteiger partial charge is 0.476 e. The van der Waals surface area contributed by atoms with E-state index in [4.69, 9.17) is 9.47 Å². The summed E-state index contributed by atoms with van der Waals surface area (Å²) in [5.74, 6) is 0.457. The van der Waals surface area contributed by atoms with Crippen molar-refractivity contribution < 1.29 is 9.47 Å². The van der Waals surface area contributed by atoms with Crippen LogP contribution in [0.25, 0.3) is 5.57 Å². The molecule has 2 rings (SSSR count). The zero-order chi connectivity index (χ0) is 14.4. The highest BCUT2D eigenvalue weighted by molar-refractivity contribution is 5.67. The third kappa shape index (κ3) is 3.81. The lowest BCUT2D eigenvalue weighted by molar-refractivity contribution is 0.0661. The van der Waals surface area contributed by atoms with E-state index in [9.17, 15) is 4.79 Å². The molecule has 1 unspecified atom stereocenters. The summed E-state index contributed by atoms with van der Waals surface area (Å²) >= 11 is 0. The van der Waals surface area contributed by atoms with Crippen LogP contribution in [0.1, 0.15) is 32.3 Å². The summed E-state index contributed by atoms with van der Waals surface area (Å²) in [6.07, 6.45) is 9.54. The van der Waals surface area contributed by atoms with Crippen LogP contribution in [0, 0.1) is 0 Å². The van der Waals surface area contributed by atoms with E-state index in [1.165, 1.54) is 0 Å². The first-order valence-corrected chi connectivity index (χ1v) is 6.84. The maximum Gasteiger partial charge on any atom is 0.347 e. The molecular formula is C15H20N2O3. The van der Waals surface area contributed by atoms with Gasteiger partial charge < -0.3 is 9.47 Å². The van der Waals surface area contributed by atoms with Crippen LogP contribution in [0.3, 0.4) is 0 Å². The summed E-state index contributed by atoms with van der Waals surface area (Å²) in [5.41, 5.74) is 1.37. The molecule has 108 valence electrons. The number of nitrogens with zero attached hydrogens (tertiary/aromatic N) is 1. The number of hydrogen-bond acceptors (Lipinski definition) is 4. The van der Waals surface area contributed by atoms with E-state index in [0.717, 1.165) is 30.6 Å². The zero-order valence-electron chi connectivity index (χ0n) is 11.9. The average Bonchev–Trinajstić information content (AvgIpc) is 2.96. The molecule has 20 heavy (non-hydrogen) atoms. The van der Waals surface area contributed by atoms with Gasteiger partial charge in [-0.3, -0.25) is 4.98 Å². The van der Waals surface area contributed by atoms with E-state index in [2.05, 4.69) is 9.97 Å². The molecule has 0 spiro atoms. The second kappa shape index (κ2) is 7.05. The van der Waals surface area contributed by atoms with Crippen LogP contribution < -0.4 is 10.4 Å². The van der Waals surface area contributed by atoms with Crippen molar-refractivity contribution in [2.45, 2.75) is 32.8 Å². The number of aromatic nitrogens is 2. The Morgan fingerprint density at radius 2 is 2.50 bits per heavy atom. The van der Waals surface area contributed by atoms with E-state index < -0.39 is 5.69 Å². The molecule has 1 aliphatic rings. The molecule has 0 saturated carbocycles. The summed E-state index contributed by atoms with van der Waals surface area (Å²) in [5, 5.41) is 0. The van der Waals surface area contributed by atoms with Crippen molar-refractivity contribution in [3.8, 4) is 5.88 Å². The van der Waals surface area contributed by atoms with Crippen molar-refractivity contribution in [2.24, 2.45) is 0 Å². The molecule has 0 aromatic carbocycles. The van der Waals surface area contributed by atoms with Gasteiger partial charge in [0.05, 0.1) is 11.7 Å². The fourth-order valence-corrected chi connectivity index (χ4v) is 2.06. The Balaban J connectivity index is 2.16. The van der Waals surface area contributed by atoms with Crippen molar-refractivity contribution in [1.29, 1.82) is 0 Å². The molecule has 5 heteroatoms. The van der Waals surface area contributed by atoms with Crippen LogP contribution >= 0.6 is 0 Å². The predicted molar refractivity (Wildman–Crippen MR) is 77.8 cm³/mol. The molecule has 1 saturated heterocycles. The molecule has 2 heterocycles. The van der Waals surface area contributed by atoms with Gasteiger partial charge in [-0.2, -0.15) is 0 Å². The van der Waals surface area contributed by atoms with Crippen LogP contribution in [-0.4, -0.2) is 29.3 Å². The highest BCUT2D eigenvalue weighted by Gasteiger charge is 2.17. The van der Waals surface area contributed by atoms with Crippen LogP contribution in [0.2, 0.25) is 0 Å². The SMILES string of the molecule is C/C=C\C=C(/C)c1cnc(=O)[nH]c1OCC1CCCO1. The van der Waals surface area contributed by atoms with Gasteiger partial charge in [0, 0.05) is 12.8 Å². The lowest BCUT2D eigenvalue weighted by atomic mass is 10.1. The van der Waals surface area contributed by atoms with Crippen LogP contribution in [0.15, 0.2) is 29.2 Å². The van der Waals surface area contributed by atoms with E-state index in [1.54, 1.807) is 6.20 Å². The Kier molecular flexibility index (Phi) is 5.12. The number of ether oxygens (including phenoxy) is 2. The molecule has 1 fully saturated rings. The first-order chi connectivity index (χ1) is 9.70. The van der Waals surface area contributed by atoms with E-state index in [-0.39, 0.29) is 6.10 Å². The van der Waals surface area contributed by atoms with E-state index in [1.807, 2.05) is 32.1 Å². The molecule has 0 aliphatic carbocycles. The van der Waals surface area contributed by atoms with Gasteiger partial charge in [-0.15, -0.1) is 0 Å². The second-order valence-electron chi connectivity index (χ2n) is 4.75. The molecule has 0 amide bonds. The molecule has 1 aromatic rings. The monoisotopic (exact) mass is 276 g/mol. The smallest absolute Gasteiger partial charge is 0.347 e. The number of allylic oxidation sites excluding steroid dienone is 4. The van der Waals surface area contributed by atoms with Gasteiger partial charge in [-0.05, 0) is 32.3 Å². The van der Waals surface area contributed by atoms with E-state index in [0.29, 0.717) is 12.5 Å². The van der Waals surface area contributed by atoms with Gasteiger partial charge in [0.1, 0.15) is 6.61 Å². The van der Waals surface area contributed by atoms with E-state index >= 15 is 0 Å². The molecule has 0 radical (unpaired) electrons. The lowest BCUT2D eigenvalue weighted by Gasteiger charge is -2.13. The van der Waals surface area contributed by atoms with Crippen LogP contribution in [0.4, 0.5) is 0 Å². The molecule has 1 N–H and O–H groups in total. The molecule has 1 aliphatic heterocycles. The molecule has 1 aromatic heterocycles. The topological polar surface area (TPSA) is 64.2 Å². The number of hydrogen-bond donors (Lipinski definition) is 1. The predicted octanol–water partition coefficient (Wildman–Crippen LogP) is 2.31. The van der Waals surface area contributed by atoms with Crippen molar-refractivity contribution in [2.75, 3.05) is 13.2 Å². The third-order valence-electron chi connectivity index (χ3n) is 3.18. The van der Waals surface area contributed by atoms with Crippen molar-refractivity contribution in [3.63, 3.8) is 0 Å². The van der Waals surface area contributed by atoms with Gasteiger partial charge in [-0.25, -0.2) is 9.78 Å². The number of aromatic amines is 1. The Morgan fingerprint density at radius 1 is 1.65 bits per heavy atom. The van der Waals surface area contributed by atoms with Crippen molar-refractivity contribution in [3.05, 3.63) is 40.5 Å². The summed E-state index contributed by atoms with van der Waals surface area (Å²) in [4.78, 5) is 17.8. The van der Waals surface area contributed by atoms with Gasteiger partial charge >= 0.3 is 5.69 Å². The normalized spacial score (nSPS) is 19.7. The van der Waals surface area contributed by atoms with Crippen LogP contribution in [0.5, 0.6) is 5.88 Å². The Bertz CT molecular complexity index is 554. The number of H-pyrrole nitrogens is 1. The quantitative estimate of drug-likeness (QED) is 0.838. The van der Waals surface area contributed by atoms with Gasteiger partial charge in [0.2, 0.25) is 5.88 Å². The summed E-state index contributed by atoms with van der Waals surface area (Å²) in [7, 11) is 0. The fraction of sp³-hybridized carbons (Fsp3) is 0.467. The molecule has 0 bridgehead atoms. The standard InChI is InChI=1S/C15H20N2O3/c1-3-4-6-11(2)13-9-16-15(18)17-14(13)20-10-12-7-5-8-19-12/h3-4,6,9,12H,5,7-8,10H2,1-2H3,(H,16,17,18)/b4-3-,11-6+. The third-order valence-corrected chi connectivity index (χ3v) is 3.18. The van der Waals surface area contributed by atoms with Gasteiger partial charge in [0.25, 0.3) is 0 Å². The van der Waals surface area contributed by atoms with Crippen LogP contribution in [-0.2, 0) is 4.74 Å². The minimum atomic E-state index is -0.407. The Morgan fingerprint density at radius 3 is 3.20 bits per heavy atom. The molecule has 5 nitrogen and oxygen atoms in total. The molecule has 1 atom stereocenters. The summed E-state index contributed by atoms with van der Waals surface area (Å²) in [6.45, 7) is 5.13. The van der Waals surface area contributed by atoms with Crippen molar-refractivity contribution >= 4 is 5.57 Å². The Hall–Kier alpha value is -1.88. The average molecular weight is 276 g/mol. The summed E-state index contributed by atoms with van der Waals surface area (Å²) in [6, 6.07) is 0. The molecular weight excluding hydrogens is 256 g/mol. The zero-order valence-corrected chi connectivity index (χ0v) is 11.9. The number of rotatable bonds is 5. The second-order valence-corrected chi connectivity index (χ2v) is 4.75. The first kappa shape index (κ1) is 14.5. The highest BCUT2D eigenvalue weighted by Crippen LogP contribution is 2.22. The fourth-order valence-electron chi connectivity index (χ4n) is 2.06. The van der Waals surface area contributed by atoms with Crippen molar-refractivity contribution in [1.82, 2.24) is 9.97 Å².